The number of hydrogen-bond donors (Lipinski definition) is 2. The molecule has 0 fully saturated rings. The van der Waals surface area contributed by atoms with Gasteiger partial charge in [0, 0.05) is 25.7 Å². The van der Waals surface area contributed by atoms with E-state index < -0.39 is 35.8 Å². The van der Waals surface area contributed by atoms with E-state index in [0.29, 0.717) is 38.5 Å². The minimum absolute atomic E-state index is 0.0471. The van der Waals surface area contributed by atoms with Crippen LogP contribution in [0, 0.1) is 0 Å². The molecule has 0 aliphatic heterocycles. The number of aliphatic carboxylic acids is 2. The summed E-state index contributed by atoms with van der Waals surface area (Å²) in [6.45, 7) is 0. The molecular weight excluding hydrogens is 424 g/mol. The first kappa shape index (κ1) is 29.2. The van der Waals surface area contributed by atoms with E-state index >= 15 is 0 Å². The molecule has 32 heavy (non-hydrogen) atoms. The number of rotatable bonds is 18. The maximum atomic E-state index is 11.6. The van der Waals surface area contributed by atoms with Crippen molar-refractivity contribution >= 4 is 35.8 Å². The predicted octanol–water partition coefficient (Wildman–Crippen LogP) is 3.54. The van der Waals surface area contributed by atoms with Crippen LogP contribution in [0.1, 0.15) is 103 Å². The van der Waals surface area contributed by atoms with E-state index in [4.69, 9.17) is 10.2 Å². The van der Waals surface area contributed by atoms with E-state index in [1.165, 1.54) is 0 Å². The van der Waals surface area contributed by atoms with Gasteiger partial charge in [0.15, 0.2) is 0 Å². The summed E-state index contributed by atoms with van der Waals surface area (Å²) in [5, 5.41) is 17.0. The smallest absolute Gasteiger partial charge is 0.425 e. The molecule has 0 amide bonds. The molecule has 0 rings (SSSR count). The van der Waals surface area contributed by atoms with Crippen LogP contribution >= 0.6 is 0 Å². The van der Waals surface area contributed by atoms with Crippen molar-refractivity contribution in [2.24, 2.45) is 0 Å². The van der Waals surface area contributed by atoms with Crippen LogP contribution in [0.5, 0.6) is 0 Å². The first-order valence-corrected chi connectivity index (χ1v) is 11.2. The molecule has 2 N–H and O–H groups in total. The summed E-state index contributed by atoms with van der Waals surface area (Å²) >= 11 is 0. The van der Waals surface area contributed by atoms with E-state index in [2.05, 4.69) is 9.47 Å². The molecule has 0 aliphatic rings. The summed E-state index contributed by atoms with van der Waals surface area (Å²) in [6.07, 6.45) is 8.69. The maximum Gasteiger partial charge on any atom is 0.425 e. The van der Waals surface area contributed by atoms with Gasteiger partial charge < -0.3 is 19.7 Å². The monoisotopic (exact) mass is 458 g/mol. The third-order valence-electron chi connectivity index (χ3n) is 4.62. The molecule has 0 unspecified atom stereocenters. The Morgan fingerprint density at radius 2 is 0.656 bits per heavy atom. The van der Waals surface area contributed by atoms with Crippen molar-refractivity contribution in [2.75, 3.05) is 0 Å². The van der Waals surface area contributed by atoms with E-state index in [0.717, 1.165) is 38.5 Å². The highest BCUT2D eigenvalue weighted by molar-refractivity contribution is 6.33. The fraction of sp³-hybridized carbons (Fsp3) is 0.727. The van der Waals surface area contributed by atoms with Gasteiger partial charge in [-0.3, -0.25) is 19.2 Å². The number of carbonyl (C=O) groups is 6. The van der Waals surface area contributed by atoms with Crippen molar-refractivity contribution in [1.29, 1.82) is 0 Å². The second-order valence-corrected chi connectivity index (χ2v) is 7.55. The minimum atomic E-state index is -1.52. The summed E-state index contributed by atoms with van der Waals surface area (Å²) in [4.78, 5) is 66.9. The summed E-state index contributed by atoms with van der Waals surface area (Å²) < 4.78 is 8.74. The molecule has 0 saturated heterocycles. The quantitative estimate of drug-likeness (QED) is 0.134. The van der Waals surface area contributed by atoms with E-state index in [1.54, 1.807) is 0 Å². The summed E-state index contributed by atoms with van der Waals surface area (Å²) in [5.41, 5.74) is 0. The molecule has 0 bridgehead atoms. The van der Waals surface area contributed by atoms with Gasteiger partial charge >= 0.3 is 35.8 Å². The lowest BCUT2D eigenvalue weighted by Crippen LogP contribution is -2.25. The highest BCUT2D eigenvalue weighted by atomic mass is 16.6. The van der Waals surface area contributed by atoms with Crippen LogP contribution in [0.15, 0.2) is 0 Å². The number of carboxylic acids is 2. The Hall–Kier alpha value is -2.78. The third kappa shape index (κ3) is 19.2. The van der Waals surface area contributed by atoms with Crippen LogP contribution in [0.25, 0.3) is 0 Å². The Bertz CT molecular complexity index is 572. The number of carboxylic acid groups (broad SMARTS) is 2. The highest BCUT2D eigenvalue weighted by Gasteiger charge is 2.23. The van der Waals surface area contributed by atoms with E-state index in [-0.39, 0.29) is 25.7 Å². The van der Waals surface area contributed by atoms with Crippen molar-refractivity contribution in [3.05, 3.63) is 0 Å². The lowest BCUT2D eigenvalue weighted by atomic mass is 10.1. The van der Waals surface area contributed by atoms with Gasteiger partial charge in [-0.25, -0.2) is 9.59 Å². The van der Waals surface area contributed by atoms with E-state index in [9.17, 15) is 28.8 Å². The first-order chi connectivity index (χ1) is 15.2. The normalized spacial score (nSPS) is 10.4. The molecule has 0 atom stereocenters. The van der Waals surface area contributed by atoms with Gasteiger partial charge in [0.1, 0.15) is 0 Å². The van der Waals surface area contributed by atoms with Crippen molar-refractivity contribution in [3.8, 4) is 0 Å². The number of carbonyl (C=O) groups excluding carboxylic acids is 4. The summed E-state index contributed by atoms with van der Waals surface area (Å²) in [7, 11) is 0. The fourth-order valence-corrected chi connectivity index (χ4v) is 2.90. The van der Waals surface area contributed by atoms with Crippen LogP contribution in [-0.4, -0.2) is 46.0 Å². The zero-order valence-electron chi connectivity index (χ0n) is 18.5. The third-order valence-corrected chi connectivity index (χ3v) is 4.62. The highest BCUT2D eigenvalue weighted by Crippen LogP contribution is 2.10. The van der Waals surface area contributed by atoms with Crippen LogP contribution in [0.3, 0.4) is 0 Å². The van der Waals surface area contributed by atoms with E-state index in [1.807, 2.05) is 0 Å². The van der Waals surface area contributed by atoms with Gasteiger partial charge in [-0.2, -0.15) is 0 Å². The molecule has 0 aromatic heterocycles. The van der Waals surface area contributed by atoms with Crippen LogP contribution in [-0.2, 0) is 38.2 Å². The molecule has 0 aromatic carbocycles. The van der Waals surface area contributed by atoms with Crippen molar-refractivity contribution in [2.45, 2.75) is 103 Å². The molecule has 0 radical (unpaired) electrons. The molecule has 0 saturated carbocycles. The first-order valence-electron chi connectivity index (χ1n) is 11.2. The Balaban J connectivity index is 3.72. The topological polar surface area (TPSA) is 161 Å². The van der Waals surface area contributed by atoms with Gasteiger partial charge in [0.25, 0.3) is 0 Å². The molecule has 0 aliphatic carbocycles. The summed E-state index contributed by atoms with van der Waals surface area (Å²) in [5.74, 6) is -6.41. The second kappa shape index (κ2) is 18.9. The number of hydrogen-bond acceptors (Lipinski definition) is 8. The van der Waals surface area contributed by atoms with Gasteiger partial charge in [0.05, 0.1) is 0 Å². The van der Waals surface area contributed by atoms with Gasteiger partial charge in [-0.1, -0.05) is 51.4 Å². The molecule has 0 spiro atoms. The molecule has 0 aromatic rings. The Kier molecular flexibility index (Phi) is 17.3. The standard InChI is InChI=1S/C22H34O10/c23-17(24)13-9-5-1-3-7-11-15-19(27)31-21(29)22(30)32-20(28)16-12-8-4-2-6-10-14-18(25)26/h1-16H2,(H,23,24)(H,25,26). The minimum Gasteiger partial charge on any atom is -0.481 e. The Morgan fingerprint density at radius 1 is 0.406 bits per heavy atom. The van der Waals surface area contributed by atoms with Crippen LogP contribution in [0.2, 0.25) is 0 Å². The van der Waals surface area contributed by atoms with Gasteiger partial charge in [-0.05, 0) is 25.7 Å². The Morgan fingerprint density at radius 3 is 0.938 bits per heavy atom. The lowest BCUT2D eigenvalue weighted by Gasteiger charge is -2.04. The lowest BCUT2D eigenvalue weighted by molar-refractivity contribution is -0.177. The fourth-order valence-electron chi connectivity index (χ4n) is 2.90. The molecule has 182 valence electrons. The molecule has 10 heteroatoms. The SMILES string of the molecule is O=C(O)CCCCCCCCC(=O)OC(=O)C(=O)OC(=O)CCCCCCCCC(=O)O. The van der Waals surface area contributed by atoms with Crippen molar-refractivity contribution in [3.63, 3.8) is 0 Å². The zero-order valence-corrected chi connectivity index (χ0v) is 18.5. The average Bonchev–Trinajstić information content (AvgIpc) is 2.71. The molecular formula is C22H34O10. The van der Waals surface area contributed by atoms with Crippen molar-refractivity contribution in [1.82, 2.24) is 0 Å². The average molecular weight is 459 g/mol. The van der Waals surface area contributed by atoms with Gasteiger partial charge in [-0.15, -0.1) is 0 Å². The van der Waals surface area contributed by atoms with Gasteiger partial charge in [0.2, 0.25) is 0 Å². The zero-order chi connectivity index (χ0) is 24.2. The number of ether oxygens (including phenoxy) is 2. The Labute approximate surface area is 187 Å². The van der Waals surface area contributed by atoms with Crippen LogP contribution < -0.4 is 0 Å². The maximum absolute atomic E-state index is 11.6. The largest absolute Gasteiger partial charge is 0.481 e. The molecule has 10 nitrogen and oxygen atoms in total. The van der Waals surface area contributed by atoms with Crippen LogP contribution in [0.4, 0.5) is 0 Å². The number of esters is 4. The molecule has 0 heterocycles. The van der Waals surface area contributed by atoms with Crippen molar-refractivity contribution < 1.29 is 48.5 Å². The summed E-state index contributed by atoms with van der Waals surface area (Å²) in [6, 6.07) is 0. The second-order valence-electron chi connectivity index (χ2n) is 7.55. The number of unbranched alkanes of at least 4 members (excludes halogenated alkanes) is 10. The predicted molar refractivity (Wildman–Crippen MR) is 111 cm³/mol.